The summed E-state index contributed by atoms with van der Waals surface area (Å²) in [5, 5.41) is 22.0. The van der Waals surface area contributed by atoms with Crippen molar-refractivity contribution in [3.63, 3.8) is 0 Å². The smallest absolute Gasteiger partial charge is 0.309 e. The lowest BCUT2D eigenvalue weighted by molar-refractivity contribution is -0.235. The molecular formula is C43H70N2O6. The van der Waals surface area contributed by atoms with Crippen LogP contribution in [-0.4, -0.2) is 89.7 Å². The lowest BCUT2D eigenvalue weighted by Gasteiger charge is -2.72. The molecule has 5 aliphatic carbocycles. The Labute approximate surface area is 308 Å². The number of aliphatic carboxylic acids is 1. The van der Waals surface area contributed by atoms with Gasteiger partial charge in [0.2, 0.25) is 0 Å². The van der Waals surface area contributed by atoms with Gasteiger partial charge in [-0.15, -0.1) is 0 Å². The molecule has 8 heteroatoms. The Hall–Kier alpha value is -1.77. The van der Waals surface area contributed by atoms with Crippen LogP contribution < -0.4 is 0 Å². The van der Waals surface area contributed by atoms with E-state index in [0.29, 0.717) is 30.7 Å². The number of allylic oxidation sites excluding steroid dienone is 1. The SMILES string of the molecule is CC(C)C1=C2C3CCC4C5(C)CCC(OC(=O)CC(C)(C)C(=O)O)C(C)(C)C5CCC4(C)C3(C)CCC2(C(O)CN2CCCN(C)CC2)CC1=O. The van der Waals surface area contributed by atoms with Gasteiger partial charge < -0.3 is 19.8 Å². The van der Waals surface area contributed by atoms with Crippen molar-refractivity contribution in [1.82, 2.24) is 9.80 Å². The quantitative estimate of drug-likeness (QED) is 0.252. The minimum Gasteiger partial charge on any atom is -0.481 e. The summed E-state index contributed by atoms with van der Waals surface area (Å²) in [6, 6.07) is 0. The number of carbonyl (C=O) groups excluding carboxylic acids is 2. The van der Waals surface area contributed by atoms with Gasteiger partial charge in [0.25, 0.3) is 0 Å². The van der Waals surface area contributed by atoms with E-state index in [4.69, 9.17) is 4.74 Å². The number of likely N-dealkylation sites (N-methyl/N-ethyl adjacent to an activating group) is 1. The fraction of sp³-hybridized carbons (Fsp3) is 0.884. The number of rotatable bonds is 8. The van der Waals surface area contributed by atoms with E-state index in [-0.39, 0.29) is 45.9 Å². The Morgan fingerprint density at radius 2 is 1.61 bits per heavy atom. The highest BCUT2D eigenvalue weighted by molar-refractivity contribution is 6.00. The van der Waals surface area contributed by atoms with E-state index in [9.17, 15) is 24.6 Å². The molecule has 0 amide bonds. The van der Waals surface area contributed by atoms with E-state index in [1.165, 1.54) is 5.57 Å². The molecular weight excluding hydrogens is 640 g/mol. The molecule has 1 saturated heterocycles. The molecule has 1 heterocycles. The molecule has 5 fully saturated rings. The normalized spacial score (nSPS) is 40.9. The number of carbonyl (C=O) groups is 3. The maximum atomic E-state index is 14.1. The number of Topliss-reactive ketones (excluding diaryl/α,β-unsaturated/α-hetero) is 1. The third-order valence-electron chi connectivity index (χ3n) is 16.7. The van der Waals surface area contributed by atoms with Gasteiger partial charge in [0.05, 0.1) is 17.9 Å². The zero-order chi connectivity index (χ0) is 37.5. The number of aliphatic hydroxyl groups excluding tert-OH is 1. The van der Waals surface area contributed by atoms with Crippen molar-refractivity contribution in [2.75, 3.05) is 39.8 Å². The average molecular weight is 711 g/mol. The predicted octanol–water partition coefficient (Wildman–Crippen LogP) is 7.38. The van der Waals surface area contributed by atoms with Crippen molar-refractivity contribution in [2.45, 2.75) is 145 Å². The van der Waals surface area contributed by atoms with Gasteiger partial charge in [-0.1, -0.05) is 54.0 Å². The summed E-state index contributed by atoms with van der Waals surface area (Å²) in [5.41, 5.74) is 0.741. The number of hydrogen-bond acceptors (Lipinski definition) is 7. The third-order valence-corrected chi connectivity index (χ3v) is 16.7. The number of ketones is 1. The number of esters is 1. The van der Waals surface area contributed by atoms with Gasteiger partial charge in [-0.05, 0) is 137 Å². The summed E-state index contributed by atoms with van der Waals surface area (Å²) in [4.78, 5) is 43.8. The number of hydrogen-bond donors (Lipinski definition) is 2. The second-order valence-corrected chi connectivity index (χ2v) is 20.5. The first kappa shape index (κ1) is 38.9. The molecule has 0 bridgehead atoms. The van der Waals surface area contributed by atoms with Crippen LogP contribution in [0.3, 0.4) is 0 Å². The molecule has 1 aliphatic heterocycles. The topological polar surface area (TPSA) is 107 Å². The molecule has 51 heavy (non-hydrogen) atoms. The van der Waals surface area contributed by atoms with Crippen LogP contribution in [0.2, 0.25) is 0 Å². The second kappa shape index (κ2) is 13.2. The Kier molecular flexibility index (Phi) is 10.1. The van der Waals surface area contributed by atoms with Gasteiger partial charge in [-0.3, -0.25) is 19.3 Å². The Balaban J connectivity index is 1.28. The monoisotopic (exact) mass is 711 g/mol. The lowest BCUT2D eigenvalue weighted by Crippen LogP contribution is -2.66. The van der Waals surface area contributed by atoms with Crippen LogP contribution in [-0.2, 0) is 19.1 Å². The first-order chi connectivity index (χ1) is 23.6. The highest BCUT2D eigenvalue weighted by Gasteiger charge is 2.70. The average Bonchev–Trinajstić information content (AvgIpc) is 3.19. The number of β-amino-alcohol motifs (C(OH)–C–C–N with tert-alkyl or cyclic N) is 1. The van der Waals surface area contributed by atoms with E-state index in [1.54, 1.807) is 13.8 Å². The molecule has 0 spiro atoms. The number of nitrogens with zero attached hydrogens (tertiary/aromatic N) is 2. The van der Waals surface area contributed by atoms with E-state index >= 15 is 0 Å². The third kappa shape index (κ3) is 6.08. The van der Waals surface area contributed by atoms with Gasteiger partial charge in [0, 0.05) is 36.9 Å². The minimum absolute atomic E-state index is 0.0222. The molecule has 6 rings (SSSR count). The van der Waals surface area contributed by atoms with E-state index in [1.807, 2.05) is 0 Å². The summed E-state index contributed by atoms with van der Waals surface area (Å²) >= 11 is 0. The molecule has 0 radical (unpaired) electrons. The number of aliphatic hydroxyl groups is 1. The van der Waals surface area contributed by atoms with Gasteiger partial charge in [-0.25, -0.2) is 0 Å². The van der Waals surface area contributed by atoms with Crippen LogP contribution in [0.15, 0.2) is 11.1 Å². The molecule has 0 aromatic rings. The summed E-state index contributed by atoms with van der Waals surface area (Å²) in [6.07, 6.45) is 8.74. The number of carboxylic acids is 1. The molecule has 0 aromatic carbocycles. The van der Waals surface area contributed by atoms with Crippen molar-refractivity contribution < 1.29 is 29.3 Å². The van der Waals surface area contributed by atoms with E-state index < -0.39 is 28.9 Å². The van der Waals surface area contributed by atoms with E-state index in [0.717, 1.165) is 89.5 Å². The molecule has 288 valence electrons. The Morgan fingerprint density at radius 3 is 2.27 bits per heavy atom. The highest BCUT2D eigenvalue weighted by Crippen LogP contribution is 2.77. The van der Waals surface area contributed by atoms with Crippen LogP contribution in [0.25, 0.3) is 0 Å². The summed E-state index contributed by atoms with van der Waals surface area (Å²) in [7, 11) is 2.18. The molecule has 9 unspecified atom stereocenters. The largest absolute Gasteiger partial charge is 0.481 e. The van der Waals surface area contributed by atoms with Gasteiger partial charge in [-0.2, -0.15) is 0 Å². The number of carboxylic acid groups (broad SMARTS) is 1. The van der Waals surface area contributed by atoms with Gasteiger partial charge in [0.15, 0.2) is 5.78 Å². The first-order valence-corrected chi connectivity index (χ1v) is 20.4. The van der Waals surface area contributed by atoms with Crippen LogP contribution in [0.5, 0.6) is 0 Å². The zero-order valence-electron chi connectivity index (χ0n) is 33.7. The van der Waals surface area contributed by atoms with Crippen LogP contribution in [0.4, 0.5) is 0 Å². The maximum absolute atomic E-state index is 14.1. The summed E-state index contributed by atoms with van der Waals surface area (Å²) in [6.45, 7) is 24.5. The molecule has 0 aromatic heterocycles. The molecule has 8 nitrogen and oxygen atoms in total. The van der Waals surface area contributed by atoms with Gasteiger partial charge >= 0.3 is 11.9 Å². The molecule has 6 aliphatic rings. The van der Waals surface area contributed by atoms with E-state index in [2.05, 4.69) is 65.3 Å². The predicted molar refractivity (Wildman–Crippen MR) is 200 cm³/mol. The van der Waals surface area contributed by atoms with Crippen molar-refractivity contribution >= 4 is 17.7 Å². The Bertz CT molecular complexity index is 1430. The van der Waals surface area contributed by atoms with Crippen LogP contribution >= 0.6 is 0 Å². The summed E-state index contributed by atoms with van der Waals surface area (Å²) in [5.74, 6) is 0.233. The maximum Gasteiger partial charge on any atom is 0.309 e. The summed E-state index contributed by atoms with van der Waals surface area (Å²) < 4.78 is 6.18. The second-order valence-electron chi connectivity index (χ2n) is 20.5. The van der Waals surface area contributed by atoms with Crippen LogP contribution in [0.1, 0.15) is 133 Å². The first-order valence-electron chi connectivity index (χ1n) is 20.4. The van der Waals surface area contributed by atoms with Crippen molar-refractivity contribution in [1.29, 1.82) is 0 Å². The van der Waals surface area contributed by atoms with Crippen molar-refractivity contribution in [3.8, 4) is 0 Å². The fourth-order valence-electron chi connectivity index (χ4n) is 13.6. The minimum atomic E-state index is -1.16. The Morgan fingerprint density at radius 1 is 0.902 bits per heavy atom. The molecule has 4 saturated carbocycles. The van der Waals surface area contributed by atoms with Crippen LogP contribution in [0, 0.1) is 56.2 Å². The van der Waals surface area contributed by atoms with Crippen molar-refractivity contribution in [2.24, 2.45) is 56.2 Å². The highest BCUT2D eigenvalue weighted by atomic mass is 16.5. The lowest BCUT2D eigenvalue weighted by atomic mass is 9.33. The fourth-order valence-corrected chi connectivity index (χ4v) is 13.6. The molecule has 9 atom stereocenters. The number of fused-ring (bicyclic) bond motifs is 7. The standard InChI is InChI=1S/C43H70N2O6/c1-27(2)35-29(46)24-43(32(47)26-45-21-11-20-44(10)22-23-45)19-18-41(8)28(36(35)43)12-13-31-40(7)16-15-33(51-34(48)25-38(3,4)37(49)50)39(5,6)30(40)14-17-42(31,41)9/h27-28,30-33,47H,11-26H2,1-10H3,(H,49,50). The zero-order valence-corrected chi connectivity index (χ0v) is 33.7. The number of ether oxygens (including phenoxy) is 1. The molecule has 2 N–H and O–H groups in total. The van der Waals surface area contributed by atoms with Gasteiger partial charge in [0.1, 0.15) is 6.10 Å². The van der Waals surface area contributed by atoms with Crippen molar-refractivity contribution in [3.05, 3.63) is 11.1 Å².